The zero-order valence-electron chi connectivity index (χ0n) is 17.5. The summed E-state index contributed by atoms with van der Waals surface area (Å²) in [6.45, 7) is 1.13. The molecule has 4 aromatic rings. The molecule has 1 amide bonds. The molecule has 1 aromatic heterocycles. The van der Waals surface area contributed by atoms with Crippen LogP contribution in [0.4, 0.5) is 9.52 Å². The van der Waals surface area contributed by atoms with Crippen molar-refractivity contribution >= 4 is 32.6 Å². The molecular weight excluding hydrogens is 423 g/mol. The van der Waals surface area contributed by atoms with Crippen LogP contribution in [0.5, 0.6) is 0 Å². The maximum Gasteiger partial charge on any atom is 0.240 e. The van der Waals surface area contributed by atoms with E-state index >= 15 is 0 Å². The molecule has 1 unspecified atom stereocenters. The van der Waals surface area contributed by atoms with Gasteiger partial charge in [-0.25, -0.2) is 9.37 Å². The number of ether oxygens (including phenoxy) is 1. The lowest BCUT2D eigenvalue weighted by atomic mass is 9.90. The van der Waals surface area contributed by atoms with Crippen LogP contribution in [0.3, 0.4) is 0 Å². The molecule has 1 aliphatic heterocycles. The fourth-order valence-electron chi connectivity index (χ4n) is 4.18. The number of carbonyl (C=O) groups is 1. The fourth-order valence-corrected chi connectivity index (χ4v) is 5.19. The Bertz CT molecular complexity index is 1170. The number of hydrogen-bond acceptors (Lipinski definition) is 4. The second-order valence-corrected chi connectivity index (χ2v) is 8.96. The molecule has 32 heavy (non-hydrogen) atoms. The number of nitrogens with zero attached hydrogens (tertiary/aromatic N) is 2. The molecule has 1 saturated heterocycles. The molecule has 6 heteroatoms. The molecule has 0 saturated carbocycles. The van der Waals surface area contributed by atoms with Crippen molar-refractivity contribution in [2.75, 3.05) is 18.1 Å². The summed E-state index contributed by atoms with van der Waals surface area (Å²) in [5.41, 5.74) is 2.54. The van der Waals surface area contributed by atoms with E-state index in [1.54, 1.807) is 11.0 Å². The predicted octanol–water partition coefficient (Wildman–Crippen LogP) is 5.78. The molecule has 0 bridgehead atoms. The predicted molar refractivity (Wildman–Crippen MR) is 126 cm³/mol. The van der Waals surface area contributed by atoms with Gasteiger partial charge in [0.15, 0.2) is 5.13 Å². The number of carbonyl (C=O) groups excluding carboxylic acids is 1. The van der Waals surface area contributed by atoms with Crippen molar-refractivity contribution in [1.29, 1.82) is 0 Å². The number of hydrogen-bond donors (Lipinski definition) is 0. The molecule has 1 aliphatic rings. The van der Waals surface area contributed by atoms with E-state index in [4.69, 9.17) is 4.74 Å². The van der Waals surface area contributed by atoms with Crippen LogP contribution in [-0.2, 0) is 9.53 Å². The molecule has 0 aliphatic carbocycles. The Balaban J connectivity index is 1.58. The van der Waals surface area contributed by atoms with E-state index < -0.39 is 5.92 Å². The third kappa shape index (κ3) is 4.29. The topological polar surface area (TPSA) is 42.4 Å². The molecule has 0 spiro atoms. The highest BCUT2D eigenvalue weighted by molar-refractivity contribution is 7.22. The van der Waals surface area contributed by atoms with Crippen LogP contribution >= 0.6 is 11.3 Å². The average Bonchev–Trinajstić information content (AvgIpc) is 3.48. The van der Waals surface area contributed by atoms with Crippen molar-refractivity contribution in [1.82, 2.24) is 4.98 Å². The van der Waals surface area contributed by atoms with Crippen LogP contribution in [0.25, 0.3) is 10.2 Å². The van der Waals surface area contributed by atoms with Crippen molar-refractivity contribution in [2.24, 2.45) is 0 Å². The fraction of sp³-hybridized carbons (Fsp3) is 0.231. The maximum absolute atomic E-state index is 14.1. The highest BCUT2D eigenvalue weighted by Gasteiger charge is 2.32. The first-order valence-corrected chi connectivity index (χ1v) is 11.6. The highest BCUT2D eigenvalue weighted by atomic mass is 32.1. The summed E-state index contributed by atoms with van der Waals surface area (Å²) in [6, 6.07) is 24.1. The summed E-state index contributed by atoms with van der Waals surface area (Å²) in [5, 5.41) is 0.572. The molecule has 3 aromatic carbocycles. The number of thiazole rings is 1. The van der Waals surface area contributed by atoms with Gasteiger partial charge in [0.1, 0.15) is 5.82 Å². The maximum atomic E-state index is 14.1. The van der Waals surface area contributed by atoms with Crippen molar-refractivity contribution in [2.45, 2.75) is 24.9 Å². The van der Waals surface area contributed by atoms with E-state index in [2.05, 4.69) is 4.98 Å². The summed E-state index contributed by atoms with van der Waals surface area (Å²) in [5.74, 6) is -0.837. The van der Waals surface area contributed by atoms with E-state index in [0.717, 1.165) is 28.7 Å². The molecule has 1 fully saturated rings. The van der Waals surface area contributed by atoms with E-state index in [9.17, 15) is 9.18 Å². The number of amides is 1. The molecule has 162 valence electrons. The number of halogens is 1. The van der Waals surface area contributed by atoms with Crippen molar-refractivity contribution < 1.29 is 13.9 Å². The summed E-state index contributed by atoms with van der Waals surface area (Å²) in [6.07, 6.45) is 1.86. The zero-order chi connectivity index (χ0) is 21.9. The van der Waals surface area contributed by atoms with Crippen molar-refractivity contribution in [3.05, 3.63) is 95.8 Å². The number of benzene rings is 3. The Labute approximate surface area is 190 Å². The summed E-state index contributed by atoms with van der Waals surface area (Å²) >= 11 is 1.34. The van der Waals surface area contributed by atoms with Gasteiger partial charge in [0.2, 0.25) is 5.91 Å². The van der Waals surface area contributed by atoms with Gasteiger partial charge in [0.25, 0.3) is 0 Å². The Morgan fingerprint density at radius 3 is 2.38 bits per heavy atom. The van der Waals surface area contributed by atoms with Gasteiger partial charge in [-0.05, 0) is 42.2 Å². The Hall–Kier alpha value is -3.09. The Morgan fingerprint density at radius 1 is 1.06 bits per heavy atom. The van der Waals surface area contributed by atoms with Gasteiger partial charge in [0, 0.05) is 6.61 Å². The second-order valence-electron chi connectivity index (χ2n) is 7.95. The number of anilines is 1. The van der Waals surface area contributed by atoms with Crippen LogP contribution in [-0.4, -0.2) is 30.1 Å². The summed E-state index contributed by atoms with van der Waals surface area (Å²) < 4.78 is 20.4. The van der Waals surface area contributed by atoms with Gasteiger partial charge >= 0.3 is 0 Å². The number of aromatic nitrogens is 1. The van der Waals surface area contributed by atoms with Gasteiger partial charge in [-0.2, -0.15) is 0 Å². The third-order valence-electron chi connectivity index (χ3n) is 5.76. The lowest BCUT2D eigenvalue weighted by molar-refractivity contribution is -0.119. The zero-order valence-corrected chi connectivity index (χ0v) is 18.3. The molecule has 5 rings (SSSR count). The summed E-state index contributed by atoms with van der Waals surface area (Å²) in [4.78, 5) is 20.6. The second kappa shape index (κ2) is 9.18. The van der Waals surface area contributed by atoms with Gasteiger partial charge in [-0.1, -0.05) is 72.0 Å². The Kier molecular flexibility index (Phi) is 5.97. The quantitative estimate of drug-likeness (QED) is 0.377. The summed E-state index contributed by atoms with van der Waals surface area (Å²) in [7, 11) is 0. The minimum absolute atomic E-state index is 0.0325. The molecule has 4 nitrogen and oxygen atoms in total. The number of fused-ring (bicyclic) bond motifs is 1. The number of rotatable bonds is 6. The smallest absolute Gasteiger partial charge is 0.240 e. The first-order chi connectivity index (χ1) is 15.7. The molecule has 0 radical (unpaired) electrons. The van der Waals surface area contributed by atoms with Gasteiger partial charge in [-0.3, -0.25) is 9.69 Å². The lowest BCUT2D eigenvalue weighted by Gasteiger charge is -2.28. The van der Waals surface area contributed by atoms with Crippen LogP contribution in [0, 0.1) is 5.82 Å². The molecule has 2 heterocycles. The normalized spacial score (nSPS) is 16.0. The largest absolute Gasteiger partial charge is 0.376 e. The lowest BCUT2D eigenvalue weighted by Crippen LogP contribution is -2.40. The van der Waals surface area contributed by atoms with Crippen molar-refractivity contribution in [3.8, 4) is 0 Å². The van der Waals surface area contributed by atoms with Crippen LogP contribution in [0.1, 0.15) is 29.9 Å². The minimum Gasteiger partial charge on any atom is -0.376 e. The minimum atomic E-state index is -0.470. The first kappa shape index (κ1) is 20.8. The van der Waals surface area contributed by atoms with E-state index in [-0.39, 0.29) is 17.8 Å². The van der Waals surface area contributed by atoms with Crippen molar-refractivity contribution in [3.63, 3.8) is 0 Å². The van der Waals surface area contributed by atoms with E-state index in [1.807, 2.05) is 60.7 Å². The first-order valence-electron chi connectivity index (χ1n) is 10.8. The van der Waals surface area contributed by atoms with Gasteiger partial charge in [0.05, 0.1) is 28.8 Å². The monoisotopic (exact) mass is 446 g/mol. The van der Waals surface area contributed by atoms with Gasteiger partial charge in [-0.15, -0.1) is 0 Å². The van der Waals surface area contributed by atoms with Crippen LogP contribution < -0.4 is 4.90 Å². The Morgan fingerprint density at radius 2 is 1.75 bits per heavy atom. The van der Waals surface area contributed by atoms with Crippen LogP contribution in [0.2, 0.25) is 0 Å². The standard InChI is InChI=1S/C26H23FN2O2S/c27-20-13-14-22-23(16-20)32-26(28-22)29(17-21-12-7-15-31-21)25(30)24(18-8-3-1-4-9-18)19-10-5-2-6-11-19/h1-6,8-11,13-14,16,21,24H,7,12,15,17H2. The van der Waals surface area contributed by atoms with E-state index in [0.29, 0.717) is 23.8 Å². The van der Waals surface area contributed by atoms with E-state index in [1.165, 1.54) is 23.5 Å². The SMILES string of the molecule is O=C(C(c1ccccc1)c1ccccc1)N(CC1CCCO1)c1nc2ccc(F)cc2s1. The molecule has 1 atom stereocenters. The van der Waals surface area contributed by atoms with Crippen LogP contribution in [0.15, 0.2) is 78.9 Å². The molecule has 0 N–H and O–H groups in total. The third-order valence-corrected chi connectivity index (χ3v) is 6.80. The average molecular weight is 447 g/mol. The molecular formula is C26H23FN2O2S. The highest BCUT2D eigenvalue weighted by Crippen LogP contribution is 2.34. The van der Waals surface area contributed by atoms with Gasteiger partial charge < -0.3 is 4.74 Å².